The average Bonchev–Trinajstić information content (AvgIpc) is 2.82. The Balaban J connectivity index is 1.97. The van der Waals surface area contributed by atoms with Gasteiger partial charge in [-0.1, -0.05) is 57.6 Å². The third-order valence-electron chi connectivity index (χ3n) is 6.03. The Kier molecular flexibility index (Phi) is 12.0. The Morgan fingerprint density at radius 3 is 2.35 bits per heavy atom. The summed E-state index contributed by atoms with van der Waals surface area (Å²) in [7, 11) is 3.37. The lowest BCUT2D eigenvalue weighted by molar-refractivity contribution is -0.140. The number of amides is 1. The molecule has 0 fully saturated rings. The Labute approximate surface area is 209 Å². The van der Waals surface area contributed by atoms with E-state index in [-0.39, 0.29) is 12.5 Å². The molecule has 0 radical (unpaired) electrons. The molecule has 0 aliphatic carbocycles. The molecule has 0 aromatic heterocycles. The van der Waals surface area contributed by atoms with Gasteiger partial charge in [0, 0.05) is 32.0 Å². The molecule has 2 N–H and O–H groups in total. The number of methoxy groups -OCH3 is 1. The number of unbranched alkanes of at least 4 members (excludes halogenated alkanes) is 6. The molecule has 188 valence electrons. The predicted molar refractivity (Wildman–Crippen MR) is 139 cm³/mol. The van der Waals surface area contributed by atoms with Crippen LogP contribution in [0.15, 0.2) is 35.5 Å². The first-order valence-corrected chi connectivity index (χ1v) is 12.6. The second-order valence-electron chi connectivity index (χ2n) is 8.61. The summed E-state index contributed by atoms with van der Waals surface area (Å²) < 4.78 is 10.4. The lowest BCUT2D eigenvalue weighted by Gasteiger charge is -2.35. The third-order valence-corrected chi connectivity index (χ3v) is 6.42. The van der Waals surface area contributed by atoms with Crippen molar-refractivity contribution in [3.8, 4) is 0 Å². The quantitative estimate of drug-likeness (QED) is 0.214. The van der Waals surface area contributed by atoms with Gasteiger partial charge in [0.05, 0.1) is 18.2 Å². The molecule has 1 aromatic rings. The fraction of sp³-hybridized carbons (Fsp3) is 0.577. The van der Waals surface area contributed by atoms with E-state index in [0.29, 0.717) is 23.7 Å². The van der Waals surface area contributed by atoms with E-state index >= 15 is 0 Å². The first-order chi connectivity index (χ1) is 16.4. The molecule has 1 atom stereocenters. The lowest BCUT2D eigenvalue weighted by atomic mass is 9.95. The molecule has 1 aromatic carbocycles. The summed E-state index contributed by atoms with van der Waals surface area (Å²) in [6.45, 7) is 4.57. The van der Waals surface area contributed by atoms with E-state index in [0.717, 1.165) is 29.8 Å². The largest absolute Gasteiger partial charge is 0.460 e. The van der Waals surface area contributed by atoms with Gasteiger partial charge in [-0.3, -0.25) is 4.79 Å². The number of nitrogens with zero attached hydrogens (tertiary/aromatic N) is 1. The normalized spacial score (nSPS) is 15.8. The monoisotopic (exact) mass is 489 g/mol. The summed E-state index contributed by atoms with van der Waals surface area (Å²) in [5.74, 6) is -0.383. The first kappa shape index (κ1) is 27.8. The standard InChI is InChI=1S/C26H39N3O4S/c1-5-6-7-8-9-10-11-12-22(30)27-21-15-13-20(14-16-21)24-23(25(31)33-18-17-32-4)19(2)29(3)26(34)28-24/h13-16,24H,5-12,17-18H2,1-4H3,(H,27,30)(H,28,34). The van der Waals surface area contributed by atoms with Crippen molar-refractivity contribution in [2.24, 2.45) is 0 Å². The molecule has 2 rings (SSSR count). The van der Waals surface area contributed by atoms with Crippen LogP contribution in [0.3, 0.4) is 0 Å². The van der Waals surface area contributed by atoms with Gasteiger partial charge in [0.1, 0.15) is 6.61 Å². The van der Waals surface area contributed by atoms with E-state index in [4.69, 9.17) is 21.7 Å². The van der Waals surface area contributed by atoms with Gasteiger partial charge in [-0.15, -0.1) is 0 Å². The minimum absolute atomic E-state index is 0.0260. The molecule has 1 aliphatic heterocycles. The highest BCUT2D eigenvalue weighted by molar-refractivity contribution is 7.80. The molecule has 1 heterocycles. The van der Waals surface area contributed by atoms with E-state index in [9.17, 15) is 9.59 Å². The Morgan fingerprint density at radius 2 is 1.71 bits per heavy atom. The van der Waals surface area contributed by atoms with Gasteiger partial charge < -0.3 is 25.0 Å². The molecule has 1 amide bonds. The van der Waals surface area contributed by atoms with Crippen molar-refractivity contribution >= 4 is 34.9 Å². The van der Waals surface area contributed by atoms with Crippen LogP contribution >= 0.6 is 12.2 Å². The minimum Gasteiger partial charge on any atom is -0.460 e. The Morgan fingerprint density at radius 1 is 1.06 bits per heavy atom. The molecule has 0 bridgehead atoms. The number of carbonyl (C=O) groups is 2. The SMILES string of the molecule is CCCCCCCCCC(=O)Nc1ccc(C2NC(=S)N(C)C(C)=C2C(=O)OCCOC)cc1. The number of ether oxygens (including phenoxy) is 2. The number of nitrogens with one attached hydrogen (secondary N) is 2. The topological polar surface area (TPSA) is 79.9 Å². The maximum atomic E-state index is 12.8. The molecule has 1 aliphatic rings. The highest BCUT2D eigenvalue weighted by atomic mass is 32.1. The van der Waals surface area contributed by atoms with Crippen LogP contribution in [0, 0.1) is 0 Å². The van der Waals surface area contributed by atoms with Gasteiger partial charge in [0.2, 0.25) is 5.91 Å². The van der Waals surface area contributed by atoms with Crippen LogP contribution in [0.5, 0.6) is 0 Å². The Hall–Kier alpha value is -2.45. The number of esters is 1. The molecule has 0 spiro atoms. The van der Waals surface area contributed by atoms with Crippen LogP contribution in [0.25, 0.3) is 0 Å². The maximum Gasteiger partial charge on any atom is 0.338 e. The summed E-state index contributed by atoms with van der Waals surface area (Å²) in [4.78, 5) is 26.9. The number of allylic oxidation sites excluding steroid dienone is 1. The second kappa shape index (κ2) is 14.7. The predicted octanol–water partition coefficient (Wildman–Crippen LogP) is 5.09. The minimum atomic E-state index is -0.434. The average molecular weight is 490 g/mol. The third kappa shape index (κ3) is 8.40. The van der Waals surface area contributed by atoms with Gasteiger partial charge in [0.15, 0.2) is 5.11 Å². The van der Waals surface area contributed by atoms with Crippen LogP contribution in [0.2, 0.25) is 0 Å². The van der Waals surface area contributed by atoms with Crippen molar-refractivity contribution in [1.82, 2.24) is 10.2 Å². The molecule has 8 heteroatoms. The van der Waals surface area contributed by atoms with Crippen LogP contribution in [-0.4, -0.2) is 49.3 Å². The number of benzene rings is 1. The van der Waals surface area contributed by atoms with E-state index < -0.39 is 12.0 Å². The zero-order valence-corrected chi connectivity index (χ0v) is 21.8. The zero-order chi connectivity index (χ0) is 24.9. The molecule has 0 saturated heterocycles. The van der Waals surface area contributed by atoms with Gasteiger partial charge in [-0.2, -0.15) is 0 Å². The number of anilines is 1. The van der Waals surface area contributed by atoms with Crippen molar-refractivity contribution < 1.29 is 19.1 Å². The van der Waals surface area contributed by atoms with Crippen molar-refractivity contribution in [3.05, 3.63) is 41.1 Å². The molecular weight excluding hydrogens is 450 g/mol. The fourth-order valence-corrected chi connectivity index (χ4v) is 4.13. The summed E-state index contributed by atoms with van der Waals surface area (Å²) in [6, 6.07) is 7.06. The highest BCUT2D eigenvalue weighted by Gasteiger charge is 2.33. The van der Waals surface area contributed by atoms with Crippen LogP contribution in [-0.2, 0) is 19.1 Å². The summed E-state index contributed by atoms with van der Waals surface area (Å²) in [6.07, 6.45) is 8.79. The van der Waals surface area contributed by atoms with E-state index in [1.54, 1.807) is 12.0 Å². The molecular formula is C26H39N3O4S. The number of thiocarbonyl (C=S) groups is 1. The Bertz CT molecular complexity index is 854. The van der Waals surface area contributed by atoms with Crippen LogP contribution in [0.1, 0.15) is 76.8 Å². The first-order valence-electron chi connectivity index (χ1n) is 12.2. The van der Waals surface area contributed by atoms with E-state index in [1.165, 1.54) is 32.1 Å². The van der Waals surface area contributed by atoms with E-state index in [2.05, 4.69) is 17.6 Å². The summed E-state index contributed by atoms with van der Waals surface area (Å²) in [5, 5.41) is 6.72. The van der Waals surface area contributed by atoms with Gasteiger partial charge in [0.25, 0.3) is 0 Å². The summed E-state index contributed by atoms with van der Waals surface area (Å²) >= 11 is 5.44. The molecule has 0 saturated carbocycles. The zero-order valence-electron chi connectivity index (χ0n) is 20.9. The van der Waals surface area contributed by atoms with Crippen molar-refractivity contribution in [2.75, 3.05) is 32.7 Å². The highest BCUT2D eigenvalue weighted by Crippen LogP contribution is 2.31. The van der Waals surface area contributed by atoms with Gasteiger partial charge in [-0.05, 0) is 43.3 Å². The molecule has 1 unspecified atom stereocenters. The van der Waals surface area contributed by atoms with Crippen molar-refractivity contribution in [2.45, 2.75) is 71.3 Å². The van der Waals surface area contributed by atoms with E-state index in [1.807, 2.05) is 38.2 Å². The van der Waals surface area contributed by atoms with Crippen LogP contribution in [0.4, 0.5) is 5.69 Å². The number of hydrogen-bond acceptors (Lipinski definition) is 5. The smallest absolute Gasteiger partial charge is 0.338 e. The maximum absolute atomic E-state index is 12.8. The lowest BCUT2D eigenvalue weighted by Crippen LogP contribution is -2.46. The summed E-state index contributed by atoms with van der Waals surface area (Å²) in [5.41, 5.74) is 2.84. The number of carbonyl (C=O) groups excluding carboxylic acids is 2. The fourth-order valence-electron chi connectivity index (χ4n) is 3.87. The van der Waals surface area contributed by atoms with Crippen LogP contribution < -0.4 is 10.6 Å². The van der Waals surface area contributed by atoms with Crippen molar-refractivity contribution in [3.63, 3.8) is 0 Å². The van der Waals surface area contributed by atoms with Gasteiger partial charge >= 0.3 is 5.97 Å². The molecule has 7 nitrogen and oxygen atoms in total. The van der Waals surface area contributed by atoms with Gasteiger partial charge in [-0.25, -0.2) is 4.79 Å². The number of rotatable bonds is 14. The second-order valence-corrected chi connectivity index (χ2v) is 9.00. The van der Waals surface area contributed by atoms with Crippen molar-refractivity contribution in [1.29, 1.82) is 0 Å². The number of hydrogen-bond donors (Lipinski definition) is 2. The molecule has 34 heavy (non-hydrogen) atoms.